The van der Waals surface area contributed by atoms with Crippen molar-refractivity contribution in [3.05, 3.63) is 125 Å². The predicted molar refractivity (Wildman–Crippen MR) is 370 cm³/mol. The van der Waals surface area contributed by atoms with Crippen LogP contribution in [0, 0.1) is 41.5 Å². The molecule has 485 valence electrons. The summed E-state index contributed by atoms with van der Waals surface area (Å²) in [5.41, 5.74) is 19.0. The number of fused-ring (bicyclic) bond motifs is 8. The maximum absolute atomic E-state index is 13.5. The van der Waals surface area contributed by atoms with Crippen LogP contribution in [-0.2, 0) is 4.79 Å². The van der Waals surface area contributed by atoms with Crippen LogP contribution in [0.2, 0.25) is 0 Å². The smallest absolute Gasteiger partial charge is 0.298 e. The van der Waals surface area contributed by atoms with E-state index in [1.165, 1.54) is 25.9 Å². The number of aromatic amines is 2. The molecular weight excluding hydrogens is 1180 g/mol. The van der Waals surface area contributed by atoms with Gasteiger partial charge in [0.05, 0.1) is 70.0 Å². The second-order valence-corrected chi connectivity index (χ2v) is 22.5. The molecule has 2 aliphatic heterocycles. The number of benzene rings is 4. The molecule has 1 radical (unpaired) electrons. The monoisotopic (exact) mass is 1260 g/mol. The van der Waals surface area contributed by atoms with Crippen molar-refractivity contribution in [3.8, 4) is 62.0 Å². The number of likely N-dealkylation sites (tertiary alicyclic amines) is 2. The van der Waals surface area contributed by atoms with Crippen molar-refractivity contribution >= 4 is 86.1 Å². The standard InChI is InChI=1S/C33H33N7O3.C27H21N5O4.C6H14N2.C2H6.2CH4.BH2O/c1-17-28(18(2)43-39-17)25-15-26-24(16-27(25)42-5)29-31(35-19(3)36-32(29)38-26)22-8-9-23(30-21(22)7-6-12-34-30)33(41)37-20-10-13-40(4)14-11-20;1-13-23(14(2)36-32-13)19-10-20-18(11-22(19)34-4)24-26(29-15(3)30-27(24)31-20)17-7-8-21(35-12-33)25-16(17)6-5-9-28-25;1-8-4-2-6(7)3-5-8;1-2;;;1-2/h6-9,12,15-16,20H,10-11,13-14H2,1-5H3,(H,37,41)(H,35,36,38);5-12H,1-4H3,(H,29,30,31);6H,2-5,7H2,1H3;1-2H3;2*1H4;1-2H/i;;;;;;1T. The molecule has 0 atom stereocenters. The summed E-state index contributed by atoms with van der Waals surface area (Å²) in [6, 6.07) is 23.8. The molecule has 1 amide bonds. The summed E-state index contributed by atoms with van der Waals surface area (Å²) < 4.78 is 33.3. The zero-order valence-corrected chi connectivity index (χ0v) is 53.4. The number of nitrogens with two attached hydrogens (primary N) is 1. The Morgan fingerprint density at radius 2 is 1.11 bits per heavy atom. The molecule has 12 aromatic rings. The van der Waals surface area contributed by atoms with E-state index in [1.54, 1.807) is 32.7 Å². The molecule has 0 saturated carbocycles. The van der Waals surface area contributed by atoms with Crippen LogP contribution >= 0.6 is 0 Å². The Balaban J connectivity index is 0.000000201. The molecule has 93 heavy (non-hydrogen) atoms. The second-order valence-electron chi connectivity index (χ2n) is 22.5. The normalized spacial score (nSPS) is 13.7. The van der Waals surface area contributed by atoms with Crippen LogP contribution in [0.1, 0.15) is 99.3 Å². The average Bonchev–Trinajstić information content (AvgIpc) is 1.52. The fourth-order valence-electron chi connectivity index (χ4n) is 12.2. The Bertz CT molecular complexity index is 4600. The van der Waals surface area contributed by atoms with Crippen LogP contribution in [-0.4, -0.2) is 153 Å². The highest BCUT2D eigenvalue weighted by atomic mass is 16.5. The number of piperidine rings is 2. The summed E-state index contributed by atoms with van der Waals surface area (Å²) >= 11 is 0. The first-order chi connectivity index (χ1) is 44.5. The van der Waals surface area contributed by atoms with Crippen molar-refractivity contribution in [2.45, 2.75) is 108 Å². The number of nitrogens with one attached hydrogen (secondary N) is 3. The number of rotatable bonds is 10. The number of pyridine rings is 2. The molecule has 10 heterocycles. The Labute approximate surface area is 543 Å². The number of carbonyl (C=O) groups excluding carboxylic acids is 2. The highest BCUT2D eigenvalue weighted by Crippen LogP contribution is 2.45. The minimum atomic E-state index is -0.0995. The Kier molecular flexibility index (Phi) is 22.0. The number of ether oxygens (including phenoxy) is 3. The molecule has 22 nitrogen and oxygen atoms in total. The fraction of sp³-hybridized carbons (Fsp3) is 0.343. The van der Waals surface area contributed by atoms with Crippen molar-refractivity contribution in [2.75, 3.05) is 54.5 Å². The van der Waals surface area contributed by atoms with Crippen LogP contribution in [0.3, 0.4) is 0 Å². The van der Waals surface area contributed by atoms with Gasteiger partial charge < -0.3 is 59.1 Å². The summed E-state index contributed by atoms with van der Waals surface area (Å²) in [4.78, 5) is 64.4. The molecule has 0 spiro atoms. The molecule has 23 heteroatoms. The maximum atomic E-state index is 13.5. The number of aryl methyl sites for hydroxylation is 6. The lowest BCUT2D eigenvalue weighted by Crippen LogP contribution is -2.43. The van der Waals surface area contributed by atoms with E-state index in [9.17, 15) is 9.59 Å². The summed E-state index contributed by atoms with van der Waals surface area (Å²) in [5.74, 6) is 4.36. The van der Waals surface area contributed by atoms with E-state index in [4.69, 9.17) is 50.3 Å². The van der Waals surface area contributed by atoms with E-state index < -0.39 is 0 Å². The Morgan fingerprint density at radius 1 is 0.656 bits per heavy atom. The predicted octanol–water partition coefficient (Wildman–Crippen LogP) is 12.3. The van der Waals surface area contributed by atoms with Gasteiger partial charge >= 0.3 is 0 Å². The van der Waals surface area contributed by atoms with Gasteiger partial charge in [0, 0.05) is 80.6 Å². The number of methoxy groups -OCH3 is 2. The minimum Gasteiger partial charge on any atom is -0.496 e. The van der Waals surface area contributed by atoms with Gasteiger partial charge in [0.1, 0.15) is 51.5 Å². The lowest BCUT2D eigenvalue weighted by molar-refractivity contribution is -0.120. The number of H-pyrrole nitrogens is 2. The first-order valence-electron chi connectivity index (χ1n) is 30.9. The van der Waals surface area contributed by atoms with Crippen molar-refractivity contribution in [1.82, 2.24) is 65.3 Å². The summed E-state index contributed by atoms with van der Waals surface area (Å²) in [7, 11) is 7.81. The maximum Gasteiger partial charge on any atom is 0.298 e. The zero-order valence-electron chi connectivity index (χ0n) is 54.4. The Hall–Kier alpha value is -9.68. The summed E-state index contributed by atoms with van der Waals surface area (Å²) in [6.45, 7) is 20.1. The van der Waals surface area contributed by atoms with Gasteiger partial charge in [-0.3, -0.25) is 19.6 Å². The molecule has 6 N–H and O–H groups in total. The molecule has 0 bridgehead atoms. The largest absolute Gasteiger partial charge is 0.496 e. The van der Waals surface area contributed by atoms with Crippen molar-refractivity contribution in [3.63, 3.8) is 0 Å². The molecule has 4 aromatic carbocycles. The molecule has 2 saturated heterocycles. The van der Waals surface area contributed by atoms with E-state index in [0.29, 0.717) is 69.4 Å². The van der Waals surface area contributed by atoms with Crippen LogP contribution < -0.4 is 25.3 Å². The summed E-state index contributed by atoms with van der Waals surface area (Å²) in [5, 5.41) is 23.8. The van der Waals surface area contributed by atoms with Crippen LogP contribution in [0.5, 0.6) is 17.2 Å². The number of aromatic nitrogens is 10. The second kappa shape index (κ2) is 30.2. The van der Waals surface area contributed by atoms with Gasteiger partial charge in [-0.25, -0.2) is 19.9 Å². The molecule has 0 unspecified atom stereocenters. The quantitative estimate of drug-likeness (QED) is 0.0628. The number of hydrogen-bond acceptors (Lipinski definition) is 19. The molecule has 14 rings (SSSR count). The van der Waals surface area contributed by atoms with Gasteiger partial charge in [-0.15, -0.1) is 0 Å². The first-order valence-corrected chi connectivity index (χ1v) is 30.3. The van der Waals surface area contributed by atoms with Gasteiger partial charge in [0.2, 0.25) is 0 Å². The molecule has 2 aliphatic rings. The highest BCUT2D eigenvalue weighted by molar-refractivity contribution is 6.18. The number of hydrogen-bond donors (Lipinski definition) is 5. The van der Waals surface area contributed by atoms with Gasteiger partial charge in [-0.2, -0.15) is 0 Å². The average molecular weight is 1260 g/mol. The van der Waals surface area contributed by atoms with Crippen LogP contribution in [0.15, 0.2) is 94.2 Å². The van der Waals surface area contributed by atoms with Gasteiger partial charge in [-0.1, -0.05) is 57.2 Å². The molecule has 2 fully saturated rings. The topological polar surface area (TPSA) is 288 Å². The van der Waals surface area contributed by atoms with E-state index in [0.717, 1.165) is 137 Å². The number of amides is 1. The fourth-order valence-corrected chi connectivity index (χ4v) is 12.2. The van der Waals surface area contributed by atoms with Gasteiger partial charge in [-0.05, 0) is 162 Å². The van der Waals surface area contributed by atoms with Crippen LogP contribution in [0.4, 0.5) is 0 Å². The zero-order chi connectivity index (χ0) is 65.5. The third-order valence-electron chi connectivity index (χ3n) is 16.6. The SMILES string of the molecule is C.C.CC.CN1CCC(N)CC1.COc1cc2c(cc1-c1c(C)noc1C)[nH]c1nc(C)nc(-c3ccc(C(=O)NC4CCN(C)CC4)c4ncccc34)c12.COc1cc2c(cc1-c1c(C)noc1C)[nH]c1nc(C)nc(-c3ccc(OC=O)c4ncccc34)c12.[3H][B]O. The minimum absolute atomic E-state index is 0. The van der Waals surface area contributed by atoms with Crippen LogP contribution in [0.25, 0.3) is 110 Å². The molecule has 8 aromatic heterocycles. The lowest BCUT2D eigenvalue weighted by Gasteiger charge is -2.29. The third kappa shape index (κ3) is 13.9. The number of nitrogens with zero attached hydrogens (tertiary/aromatic N) is 10. The lowest BCUT2D eigenvalue weighted by atomic mass is 9.97. The third-order valence-corrected chi connectivity index (χ3v) is 16.6. The van der Waals surface area contributed by atoms with Crippen molar-refractivity contribution in [1.29, 1.82) is 1.34 Å². The van der Waals surface area contributed by atoms with Crippen molar-refractivity contribution < 1.29 is 37.9 Å². The van der Waals surface area contributed by atoms with E-state index in [-0.39, 0.29) is 34.8 Å². The Morgan fingerprint density at radius 3 is 1.55 bits per heavy atom. The number of carbonyl (C=O) groups is 2. The molecular formula is C70H84BN14O8. The van der Waals surface area contributed by atoms with E-state index >= 15 is 0 Å². The molecule has 0 aliphatic carbocycles. The summed E-state index contributed by atoms with van der Waals surface area (Å²) in [6.07, 6.45) is 7.62. The van der Waals surface area contributed by atoms with Gasteiger partial charge in [0.15, 0.2) is 5.75 Å². The highest BCUT2D eigenvalue weighted by Gasteiger charge is 2.27. The first kappa shape index (κ1) is 67.7. The van der Waals surface area contributed by atoms with Crippen molar-refractivity contribution in [2.24, 2.45) is 5.73 Å². The van der Waals surface area contributed by atoms with E-state index in [1.807, 2.05) is 116 Å². The van der Waals surface area contributed by atoms with Gasteiger partial charge in [0.25, 0.3) is 20.4 Å². The van der Waals surface area contributed by atoms with E-state index in [2.05, 4.69) is 70.5 Å².